The molecule has 0 saturated heterocycles. The summed E-state index contributed by atoms with van der Waals surface area (Å²) < 4.78 is 0. The van der Waals surface area contributed by atoms with Gasteiger partial charge < -0.3 is 21.3 Å². The Morgan fingerprint density at radius 2 is 2.60 bits per heavy atom. The van der Waals surface area contributed by atoms with Gasteiger partial charge in [-0.1, -0.05) is 0 Å². The van der Waals surface area contributed by atoms with E-state index >= 15 is 0 Å². The second-order valence-electron chi connectivity index (χ2n) is 2.23. The van der Waals surface area contributed by atoms with Gasteiger partial charge in [0.2, 0.25) is 0 Å². The Hall–Kier alpha value is -0.810. The predicted molar refractivity (Wildman–Crippen MR) is 36.5 cm³/mol. The first-order valence-electron chi connectivity index (χ1n) is 3.09. The second-order valence-corrected chi connectivity index (χ2v) is 2.23. The molecule has 5 heteroatoms. The monoisotopic (exact) mass is 145 g/mol. The Balaban J connectivity index is 2.34. The highest BCUT2D eigenvalue weighted by Crippen LogP contribution is 1.98. The smallest absolute Gasteiger partial charge is 0.189 e. The van der Waals surface area contributed by atoms with Gasteiger partial charge in [0.25, 0.3) is 0 Å². The molecule has 1 aliphatic heterocycles. The summed E-state index contributed by atoms with van der Waals surface area (Å²) in [5.74, 6) is 0.331. The summed E-state index contributed by atoms with van der Waals surface area (Å²) in [6.07, 6.45) is -0.773. The fraction of sp³-hybridized carbons (Fsp3) is 0.800. The van der Waals surface area contributed by atoms with Crippen LogP contribution in [-0.4, -0.2) is 41.5 Å². The summed E-state index contributed by atoms with van der Waals surface area (Å²) in [5.41, 5.74) is 5.26. The maximum atomic E-state index is 9.03. The highest BCUT2D eigenvalue weighted by Gasteiger charge is 2.22. The molecule has 0 amide bonds. The normalized spacial score (nSPS) is 27.4. The van der Waals surface area contributed by atoms with E-state index < -0.39 is 6.10 Å². The Morgan fingerprint density at radius 3 is 3.00 bits per heavy atom. The van der Waals surface area contributed by atoms with E-state index in [1.165, 1.54) is 0 Å². The average molecular weight is 145 g/mol. The molecule has 0 aromatic rings. The minimum absolute atomic E-state index is 0.218. The van der Waals surface area contributed by atoms with Gasteiger partial charge in [-0.3, -0.25) is 4.99 Å². The zero-order valence-corrected chi connectivity index (χ0v) is 5.49. The lowest BCUT2D eigenvalue weighted by Gasteiger charge is -2.14. The van der Waals surface area contributed by atoms with Gasteiger partial charge in [-0.2, -0.15) is 0 Å². The van der Waals surface area contributed by atoms with Crippen LogP contribution in [-0.2, 0) is 0 Å². The number of hydrogen-bond donors (Lipinski definition) is 4. The molecule has 0 bridgehead atoms. The van der Waals surface area contributed by atoms with Gasteiger partial charge in [-0.05, 0) is 0 Å². The standard InChI is InChI=1S/C5H11N3O2/c6-5-7-1-3(8-5)4(10)2-9/h3-4,9-10H,1-2H2,(H3,6,7,8)/t3-,4-/m0/s1. The molecular weight excluding hydrogens is 134 g/mol. The first-order chi connectivity index (χ1) is 4.74. The van der Waals surface area contributed by atoms with Crippen LogP contribution in [0.3, 0.4) is 0 Å². The summed E-state index contributed by atoms with van der Waals surface area (Å²) in [4.78, 5) is 3.80. The molecule has 58 valence electrons. The molecule has 0 aromatic carbocycles. The van der Waals surface area contributed by atoms with E-state index in [0.29, 0.717) is 12.5 Å². The maximum absolute atomic E-state index is 9.03. The minimum atomic E-state index is -0.773. The SMILES string of the molecule is NC1=NC[C@@H]([C@@H](O)CO)N1. The lowest BCUT2D eigenvalue weighted by Crippen LogP contribution is -2.44. The van der Waals surface area contributed by atoms with Gasteiger partial charge in [0.1, 0.15) is 0 Å². The van der Waals surface area contributed by atoms with Crippen LogP contribution in [0.1, 0.15) is 0 Å². The molecule has 0 fully saturated rings. The molecular formula is C5H11N3O2. The van der Waals surface area contributed by atoms with E-state index in [-0.39, 0.29) is 12.6 Å². The van der Waals surface area contributed by atoms with Crippen LogP contribution in [0.4, 0.5) is 0 Å². The lowest BCUT2D eigenvalue weighted by molar-refractivity contribution is 0.0733. The van der Waals surface area contributed by atoms with Crippen LogP contribution in [0.2, 0.25) is 0 Å². The van der Waals surface area contributed by atoms with E-state index in [4.69, 9.17) is 15.9 Å². The topological polar surface area (TPSA) is 90.9 Å². The average Bonchev–Trinajstić information content (AvgIpc) is 2.34. The third-order valence-electron chi connectivity index (χ3n) is 1.44. The van der Waals surface area contributed by atoms with E-state index in [2.05, 4.69) is 10.3 Å². The van der Waals surface area contributed by atoms with Crippen molar-refractivity contribution < 1.29 is 10.2 Å². The largest absolute Gasteiger partial charge is 0.394 e. The van der Waals surface area contributed by atoms with Crippen molar-refractivity contribution in [2.24, 2.45) is 10.7 Å². The van der Waals surface area contributed by atoms with Gasteiger partial charge in [0.05, 0.1) is 25.3 Å². The van der Waals surface area contributed by atoms with Crippen molar-refractivity contribution in [3.63, 3.8) is 0 Å². The van der Waals surface area contributed by atoms with Crippen molar-refractivity contribution in [2.75, 3.05) is 13.2 Å². The van der Waals surface area contributed by atoms with Crippen molar-refractivity contribution in [1.29, 1.82) is 0 Å². The molecule has 1 aliphatic rings. The van der Waals surface area contributed by atoms with Crippen LogP contribution >= 0.6 is 0 Å². The number of guanidine groups is 1. The van der Waals surface area contributed by atoms with Crippen LogP contribution in [0.5, 0.6) is 0 Å². The third-order valence-corrected chi connectivity index (χ3v) is 1.44. The molecule has 0 unspecified atom stereocenters. The predicted octanol–water partition coefficient (Wildman–Crippen LogP) is -2.37. The van der Waals surface area contributed by atoms with Crippen molar-refractivity contribution in [2.45, 2.75) is 12.1 Å². The maximum Gasteiger partial charge on any atom is 0.189 e. The number of aliphatic hydroxyl groups is 2. The number of aliphatic hydroxyl groups excluding tert-OH is 2. The zero-order chi connectivity index (χ0) is 7.56. The van der Waals surface area contributed by atoms with Gasteiger partial charge in [0, 0.05) is 0 Å². The first kappa shape index (κ1) is 7.30. The van der Waals surface area contributed by atoms with Crippen LogP contribution in [0, 0.1) is 0 Å². The summed E-state index contributed by atoms with van der Waals surface area (Å²) >= 11 is 0. The van der Waals surface area contributed by atoms with Gasteiger partial charge in [0.15, 0.2) is 5.96 Å². The molecule has 2 atom stereocenters. The van der Waals surface area contributed by atoms with E-state index in [9.17, 15) is 0 Å². The number of nitrogens with two attached hydrogens (primary N) is 1. The highest BCUT2D eigenvalue weighted by molar-refractivity contribution is 5.79. The van der Waals surface area contributed by atoms with Gasteiger partial charge in [-0.25, -0.2) is 0 Å². The molecule has 1 heterocycles. The lowest BCUT2D eigenvalue weighted by atomic mass is 10.2. The molecule has 0 aliphatic carbocycles. The Morgan fingerprint density at radius 1 is 1.90 bits per heavy atom. The zero-order valence-electron chi connectivity index (χ0n) is 5.49. The fourth-order valence-electron chi connectivity index (χ4n) is 0.823. The number of nitrogens with one attached hydrogen (secondary N) is 1. The van der Waals surface area contributed by atoms with Crippen LogP contribution in [0.15, 0.2) is 4.99 Å². The highest BCUT2D eigenvalue weighted by atomic mass is 16.3. The quantitative estimate of drug-likeness (QED) is 0.349. The van der Waals surface area contributed by atoms with Crippen molar-refractivity contribution >= 4 is 5.96 Å². The molecule has 0 saturated carbocycles. The summed E-state index contributed by atoms with van der Waals surface area (Å²) in [6, 6.07) is -0.218. The van der Waals surface area contributed by atoms with Crippen LogP contribution in [0.25, 0.3) is 0 Å². The molecule has 0 aromatic heterocycles. The molecule has 10 heavy (non-hydrogen) atoms. The fourth-order valence-corrected chi connectivity index (χ4v) is 0.823. The van der Waals surface area contributed by atoms with E-state index in [1.807, 2.05) is 0 Å². The van der Waals surface area contributed by atoms with E-state index in [0.717, 1.165) is 0 Å². The molecule has 5 nitrogen and oxygen atoms in total. The third kappa shape index (κ3) is 1.37. The number of nitrogens with zero attached hydrogens (tertiary/aromatic N) is 1. The Kier molecular flexibility index (Phi) is 2.08. The summed E-state index contributed by atoms with van der Waals surface area (Å²) in [7, 11) is 0. The Bertz CT molecular complexity index is 148. The summed E-state index contributed by atoms with van der Waals surface area (Å²) in [5, 5.41) is 20.3. The van der Waals surface area contributed by atoms with Crippen molar-refractivity contribution in [3.05, 3.63) is 0 Å². The molecule has 1 rings (SSSR count). The minimum Gasteiger partial charge on any atom is -0.394 e. The molecule has 0 radical (unpaired) electrons. The first-order valence-corrected chi connectivity index (χ1v) is 3.09. The van der Waals surface area contributed by atoms with E-state index in [1.54, 1.807) is 0 Å². The Labute approximate surface area is 58.6 Å². The van der Waals surface area contributed by atoms with Gasteiger partial charge >= 0.3 is 0 Å². The van der Waals surface area contributed by atoms with Crippen molar-refractivity contribution in [3.8, 4) is 0 Å². The number of aliphatic imine (C=N–C) groups is 1. The molecule has 0 spiro atoms. The second kappa shape index (κ2) is 2.85. The molecule has 5 N–H and O–H groups in total. The summed E-state index contributed by atoms with van der Waals surface area (Å²) in [6.45, 7) is 0.175. The number of hydrogen-bond acceptors (Lipinski definition) is 5. The van der Waals surface area contributed by atoms with Crippen LogP contribution < -0.4 is 11.1 Å². The number of rotatable bonds is 2. The van der Waals surface area contributed by atoms with Gasteiger partial charge in [-0.15, -0.1) is 0 Å². The van der Waals surface area contributed by atoms with Crippen molar-refractivity contribution in [1.82, 2.24) is 5.32 Å².